The molecule has 3 heterocycles. The summed E-state index contributed by atoms with van der Waals surface area (Å²) in [6.45, 7) is 2.57. The van der Waals surface area contributed by atoms with Gasteiger partial charge in [0, 0.05) is 24.8 Å². The van der Waals surface area contributed by atoms with Crippen LogP contribution in [0.2, 0.25) is 0 Å². The van der Waals surface area contributed by atoms with Crippen LogP contribution in [0.5, 0.6) is 0 Å². The van der Waals surface area contributed by atoms with Crippen LogP contribution in [-0.4, -0.2) is 40.5 Å². The first-order valence-corrected chi connectivity index (χ1v) is 12.1. The van der Waals surface area contributed by atoms with E-state index < -0.39 is 0 Å². The first-order valence-electron chi connectivity index (χ1n) is 11.3. The molecule has 0 aliphatic heterocycles. The third kappa shape index (κ3) is 5.82. The summed E-state index contributed by atoms with van der Waals surface area (Å²) < 4.78 is 5.12. The highest BCUT2D eigenvalue weighted by Crippen LogP contribution is 2.28. The van der Waals surface area contributed by atoms with Crippen LogP contribution >= 0.6 is 11.3 Å². The van der Waals surface area contributed by atoms with E-state index in [0.717, 1.165) is 48.2 Å². The Balaban J connectivity index is 1.21. The second kappa shape index (κ2) is 11.0. The van der Waals surface area contributed by atoms with Crippen LogP contribution in [0.4, 0.5) is 5.00 Å². The van der Waals surface area contributed by atoms with Crippen molar-refractivity contribution in [2.75, 3.05) is 18.9 Å². The largest absolute Gasteiger partial charge is 0.459 e. The standard InChI is InChI=1S/C26H28N4O3S/c1-18-16-23(27-25(31)22-13-9-15-33-22)34-24(18)26(32)30(2)14-8-4-7-12-20-17-21(29-28-20)19-10-5-3-6-11-19/h3,5-6,9-11,13,15-17H,4,7-8,12,14H2,1-2H3,(H,27,31)(H,28,29). The minimum atomic E-state index is -0.327. The predicted molar refractivity (Wildman–Crippen MR) is 134 cm³/mol. The van der Waals surface area contributed by atoms with Gasteiger partial charge in [0.15, 0.2) is 5.76 Å². The van der Waals surface area contributed by atoms with Crippen LogP contribution < -0.4 is 5.32 Å². The molecule has 2 amide bonds. The number of nitrogens with one attached hydrogen (secondary N) is 2. The number of aromatic amines is 1. The van der Waals surface area contributed by atoms with E-state index in [0.29, 0.717) is 16.4 Å². The zero-order valence-corrected chi connectivity index (χ0v) is 20.2. The van der Waals surface area contributed by atoms with E-state index in [1.165, 1.54) is 17.6 Å². The maximum Gasteiger partial charge on any atom is 0.291 e. The Bertz CT molecular complexity index is 1230. The van der Waals surface area contributed by atoms with Crippen LogP contribution in [0.15, 0.2) is 65.3 Å². The first-order chi connectivity index (χ1) is 16.5. The number of aromatic nitrogens is 2. The van der Waals surface area contributed by atoms with Crippen molar-refractivity contribution in [1.29, 1.82) is 0 Å². The second-order valence-corrected chi connectivity index (χ2v) is 9.29. The monoisotopic (exact) mass is 476 g/mol. The van der Waals surface area contributed by atoms with E-state index in [-0.39, 0.29) is 17.6 Å². The molecule has 0 saturated heterocycles. The molecule has 0 saturated carbocycles. The van der Waals surface area contributed by atoms with Crippen LogP contribution in [0.1, 0.15) is 50.7 Å². The fourth-order valence-corrected chi connectivity index (χ4v) is 4.76. The molecule has 7 nitrogen and oxygen atoms in total. The maximum absolute atomic E-state index is 12.9. The number of anilines is 1. The predicted octanol–water partition coefficient (Wildman–Crippen LogP) is 5.78. The maximum atomic E-state index is 12.9. The number of thiophene rings is 1. The zero-order chi connectivity index (χ0) is 23.9. The lowest BCUT2D eigenvalue weighted by molar-refractivity contribution is 0.0796. The van der Waals surface area contributed by atoms with Gasteiger partial charge < -0.3 is 14.6 Å². The van der Waals surface area contributed by atoms with Crippen molar-refractivity contribution < 1.29 is 14.0 Å². The molecule has 0 aliphatic carbocycles. The van der Waals surface area contributed by atoms with Gasteiger partial charge in [0.2, 0.25) is 0 Å². The smallest absolute Gasteiger partial charge is 0.291 e. The van der Waals surface area contributed by atoms with Gasteiger partial charge in [-0.05, 0) is 56.0 Å². The van der Waals surface area contributed by atoms with Gasteiger partial charge in [0.1, 0.15) is 0 Å². The summed E-state index contributed by atoms with van der Waals surface area (Å²) in [5.41, 5.74) is 4.05. The molecule has 4 rings (SSSR count). The van der Waals surface area contributed by atoms with E-state index in [9.17, 15) is 9.59 Å². The molecule has 34 heavy (non-hydrogen) atoms. The number of rotatable bonds is 10. The molecule has 1 aromatic carbocycles. The van der Waals surface area contributed by atoms with Crippen molar-refractivity contribution in [3.8, 4) is 11.3 Å². The number of unbranched alkanes of at least 4 members (excludes halogenated alkanes) is 2. The van der Waals surface area contributed by atoms with E-state index in [4.69, 9.17) is 4.42 Å². The Kier molecular flexibility index (Phi) is 7.59. The highest BCUT2D eigenvalue weighted by atomic mass is 32.1. The van der Waals surface area contributed by atoms with Gasteiger partial charge in [-0.2, -0.15) is 5.10 Å². The SMILES string of the molecule is Cc1cc(NC(=O)c2ccco2)sc1C(=O)N(C)CCCCCc1cc(-c2ccccc2)n[nH]1. The van der Waals surface area contributed by atoms with Crippen LogP contribution in [0.3, 0.4) is 0 Å². The summed E-state index contributed by atoms with van der Waals surface area (Å²) in [6, 6.07) is 17.3. The number of H-pyrrole nitrogens is 1. The summed E-state index contributed by atoms with van der Waals surface area (Å²) in [4.78, 5) is 27.5. The highest BCUT2D eigenvalue weighted by molar-refractivity contribution is 7.18. The van der Waals surface area contributed by atoms with Gasteiger partial charge in [-0.3, -0.25) is 14.7 Å². The molecule has 4 aromatic rings. The van der Waals surface area contributed by atoms with Gasteiger partial charge in [0.25, 0.3) is 11.8 Å². The molecule has 0 fully saturated rings. The molecule has 176 valence electrons. The van der Waals surface area contributed by atoms with Gasteiger partial charge >= 0.3 is 0 Å². The Morgan fingerprint density at radius 2 is 1.91 bits per heavy atom. The number of hydrogen-bond donors (Lipinski definition) is 2. The lowest BCUT2D eigenvalue weighted by Gasteiger charge is -2.16. The van der Waals surface area contributed by atoms with E-state index >= 15 is 0 Å². The molecule has 0 bridgehead atoms. The average molecular weight is 477 g/mol. The number of nitrogens with zero attached hydrogens (tertiary/aromatic N) is 2. The Labute approximate surface area is 202 Å². The van der Waals surface area contributed by atoms with Gasteiger partial charge in [-0.1, -0.05) is 36.8 Å². The number of furan rings is 1. The Hall–Kier alpha value is -3.65. The van der Waals surface area contributed by atoms with Crippen LogP contribution in [0, 0.1) is 6.92 Å². The van der Waals surface area contributed by atoms with Crippen molar-refractivity contribution in [2.45, 2.75) is 32.6 Å². The first kappa shape index (κ1) is 23.5. The molecule has 0 atom stereocenters. The van der Waals surface area contributed by atoms with E-state index in [1.807, 2.05) is 38.2 Å². The molecule has 2 N–H and O–H groups in total. The van der Waals surface area contributed by atoms with E-state index in [1.54, 1.807) is 17.0 Å². The number of benzene rings is 1. The molecule has 3 aromatic heterocycles. The third-order valence-corrected chi connectivity index (χ3v) is 6.72. The zero-order valence-electron chi connectivity index (χ0n) is 19.3. The molecule has 8 heteroatoms. The van der Waals surface area contributed by atoms with Crippen molar-refractivity contribution >= 4 is 28.2 Å². The second-order valence-electron chi connectivity index (χ2n) is 8.24. The van der Waals surface area contributed by atoms with Crippen LogP contribution in [-0.2, 0) is 6.42 Å². The topological polar surface area (TPSA) is 91.2 Å². The van der Waals surface area contributed by atoms with Crippen molar-refractivity contribution in [3.05, 3.63) is 82.8 Å². The summed E-state index contributed by atoms with van der Waals surface area (Å²) in [5.74, 6) is -0.115. The van der Waals surface area contributed by atoms with Crippen molar-refractivity contribution in [3.63, 3.8) is 0 Å². The fourth-order valence-electron chi connectivity index (χ4n) is 3.70. The Morgan fingerprint density at radius 3 is 2.68 bits per heavy atom. The minimum absolute atomic E-state index is 0.0259. The summed E-state index contributed by atoms with van der Waals surface area (Å²) in [7, 11) is 1.82. The lowest BCUT2D eigenvalue weighted by Crippen LogP contribution is -2.27. The molecular weight excluding hydrogens is 448 g/mol. The van der Waals surface area contributed by atoms with Crippen molar-refractivity contribution in [2.24, 2.45) is 0 Å². The van der Waals surface area contributed by atoms with E-state index in [2.05, 4.69) is 33.7 Å². The number of aryl methyl sites for hydroxylation is 2. The number of carbonyl (C=O) groups excluding carboxylic acids is 2. The molecule has 0 spiro atoms. The highest BCUT2D eigenvalue weighted by Gasteiger charge is 2.19. The van der Waals surface area contributed by atoms with Gasteiger partial charge in [-0.25, -0.2) is 0 Å². The van der Waals surface area contributed by atoms with Gasteiger partial charge in [0.05, 0.1) is 21.8 Å². The molecule has 0 radical (unpaired) electrons. The molecule has 0 aliphatic rings. The quantitative estimate of drug-likeness (QED) is 0.284. The third-order valence-electron chi connectivity index (χ3n) is 5.58. The summed E-state index contributed by atoms with van der Waals surface area (Å²) >= 11 is 1.29. The number of hydrogen-bond acceptors (Lipinski definition) is 5. The average Bonchev–Trinajstić information content (AvgIpc) is 3.60. The van der Waals surface area contributed by atoms with Crippen LogP contribution in [0.25, 0.3) is 11.3 Å². The fraction of sp³-hybridized carbons (Fsp3) is 0.269. The normalized spacial score (nSPS) is 10.9. The molecular formula is C26H28N4O3S. The Morgan fingerprint density at radius 1 is 1.09 bits per heavy atom. The van der Waals surface area contributed by atoms with Gasteiger partial charge in [-0.15, -0.1) is 11.3 Å². The van der Waals surface area contributed by atoms with Crippen molar-refractivity contribution in [1.82, 2.24) is 15.1 Å². The summed E-state index contributed by atoms with van der Waals surface area (Å²) in [5, 5.41) is 11.0. The number of carbonyl (C=O) groups is 2. The number of amides is 2. The minimum Gasteiger partial charge on any atom is -0.459 e. The molecule has 0 unspecified atom stereocenters. The summed E-state index contributed by atoms with van der Waals surface area (Å²) in [6.07, 6.45) is 5.36. The lowest BCUT2D eigenvalue weighted by atomic mass is 10.1.